The van der Waals surface area contributed by atoms with Crippen molar-refractivity contribution >= 4 is 29.2 Å². The zero-order valence-electron chi connectivity index (χ0n) is 10.1. The molecule has 1 aromatic rings. The highest BCUT2D eigenvalue weighted by atomic mass is 35.5. The van der Waals surface area contributed by atoms with Gasteiger partial charge in [0.25, 0.3) is 0 Å². The second kappa shape index (κ2) is 5.40. The van der Waals surface area contributed by atoms with Gasteiger partial charge in [-0.2, -0.15) is 0 Å². The molecule has 0 unspecified atom stereocenters. The highest BCUT2D eigenvalue weighted by Gasteiger charge is 2.22. The van der Waals surface area contributed by atoms with E-state index in [4.69, 9.17) is 11.6 Å². The zero-order chi connectivity index (χ0) is 13.1. The monoisotopic (exact) mass is 267 g/mol. The van der Waals surface area contributed by atoms with Crippen molar-refractivity contribution in [1.29, 1.82) is 0 Å². The summed E-state index contributed by atoms with van der Waals surface area (Å²) in [6, 6.07) is 5.24. The number of nitrogens with zero attached hydrogens (tertiary/aromatic N) is 1. The highest BCUT2D eigenvalue weighted by molar-refractivity contribution is 6.29. The normalized spacial score (nSPS) is 14.0. The second-order valence-corrected chi connectivity index (χ2v) is 4.38. The van der Waals surface area contributed by atoms with E-state index < -0.39 is 0 Å². The van der Waals surface area contributed by atoms with E-state index in [0.717, 1.165) is 24.1 Å². The van der Waals surface area contributed by atoms with Crippen LogP contribution in [-0.2, 0) is 16.0 Å². The van der Waals surface area contributed by atoms with E-state index in [1.165, 1.54) is 7.11 Å². The first kappa shape index (κ1) is 12.9. The van der Waals surface area contributed by atoms with Gasteiger partial charge in [0, 0.05) is 12.2 Å². The Labute approximate surface area is 110 Å². The number of aryl methyl sites for hydroxylation is 1. The molecule has 1 aromatic carbocycles. The Hall–Kier alpha value is -1.55. The number of hydrogen-bond donors (Lipinski definition) is 0. The predicted octanol–water partition coefficient (Wildman–Crippen LogP) is 1.99. The standard InChI is InChI=1S/C13H14ClNO3/c1-18-13(17)10-4-5-11-9(7-10)3-2-6-15(11)12(16)8-14/h4-5,7H,2-3,6,8H2,1H3. The van der Waals surface area contributed by atoms with Crippen molar-refractivity contribution in [1.82, 2.24) is 0 Å². The maximum atomic E-state index is 11.7. The van der Waals surface area contributed by atoms with Crippen molar-refractivity contribution in [2.45, 2.75) is 12.8 Å². The van der Waals surface area contributed by atoms with Gasteiger partial charge in [-0.05, 0) is 36.6 Å². The van der Waals surface area contributed by atoms with Crippen LogP contribution in [0.3, 0.4) is 0 Å². The fraction of sp³-hybridized carbons (Fsp3) is 0.385. The van der Waals surface area contributed by atoms with E-state index in [2.05, 4.69) is 4.74 Å². The maximum Gasteiger partial charge on any atom is 0.337 e. The first-order valence-electron chi connectivity index (χ1n) is 5.75. The lowest BCUT2D eigenvalue weighted by Crippen LogP contribution is -2.36. The molecule has 0 saturated heterocycles. The average molecular weight is 268 g/mol. The molecule has 0 aliphatic carbocycles. The van der Waals surface area contributed by atoms with Gasteiger partial charge in [0.05, 0.1) is 12.7 Å². The van der Waals surface area contributed by atoms with E-state index in [1.807, 2.05) is 0 Å². The third-order valence-electron chi connectivity index (χ3n) is 3.03. The van der Waals surface area contributed by atoms with Crippen LogP contribution in [0.25, 0.3) is 0 Å². The molecule has 1 heterocycles. The summed E-state index contributed by atoms with van der Waals surface area (Å²) in [4.78, 5) is 24.8. The third-order valence-corrected chi connectivity index (χ3v) is 3.26. The number of alkyl halides is 1. The molecule has 0 N–H and O–H groups in total. The average Bonchev–Trinajstić information content (AvgIpc) is 2.44. The SMILES string of the molecule is COC(=O)c1ccc2c(c1)CCCN2C(=O)CCl. The first-order valence-corrected chi connectivity index (χ1v) is 6.28. The Bertz CT molecular complexity index is 487. The number of carbonyl (C=O) groups excluding carboxylic acids is 2. The van der Waals surface area contributed by atoms with Crippen LogP contribution in [-0.4, -0.2) is 31.4 Å². The summed E-state index contributed by atoms with van der Waals surface area (Å²) in [7, 11) is 1.35. The van der Waals surface area contributed by atoms with Gasteiger partial charge in [0.15, 0.2) is 0 Å². The number of ether oxygens (including phenoxy) is 1. The first-order chi connectivity index (χ1) is 8.67. The minimum atomic E-state index is -0.362. The Morgan fingerprint density at radius 3 is 2.89 bits per heavy atom. The van der Waals surface area contributed by atoms with E-state index in [0.29, 0.717) is 12.1 Å². The van der Waals surface area contributed by atoms with Gasteiger partial charge in [0.2, 0.25) is 5.91 Å². The summed E-state index contributed by atoms with van der Waals surface area (Å²) >= 11 is 5.59. The molecule has 4 nitrogen and oxygen atoms in total. The minimum Gasteiger partial charge on any atom is -0.465 e. The van der Waals surface area contributed by atoms with Crippen molar-refractivity contribution in [2.24, 2.45) is 0 Å². The molecule has 0 atom stereocenters. The van der Waals surface area contributed by atoms with Crippen LogP contribution < -0.4 is 4.90 Å². The number of amides is 1. The van der Waals surface area contributed by atoms with Gasteiger partial charge in [-0.3, -0.25) is 4.79 Å². The molecular formula is C13H14ClNO3. The fourth-order valence-corrected chi connectivity index (χ4v) is 2.32. The van der Waals surface area contributed by atoms with E-state index in [9.17, 15) is 9.59 Å². The molecule has 1 aliphatic rings. The molecule has 0 fully saturated rings. The van der Waals surface area contributed by atoms with Crippen LogP contribution in [0.2, 0.25) is 0 Å². The summed E-state index contributed by atoms with van der Waals surface area (Å²) < 4.78 is 4.68. The molecule has 0 bridgehead atoms. The number of halogens is 1. The number of methoxy groups -OCH3 is 1. The van der Waals surface area contributed by atoms with Crippen LogP contribution >= 0.6 is 11.6 Å². The number of anilines is 1. The minimum absolute atomic E-state index is 0.0296. The molecule has 0 saturated carbocycles. The van der Waals surface area contributed by atoms with Crippen LogP contribution in [0.15, 0.2) is 18.2 Å². The van der Waals surface area contributed by atoms with Crippen molar-refractivity contribution < 1.29 is 14.3 Å². The van der Waals surface area contributed by atoms with Crippen LogP contribution in [0.4, 0.5) is 5.69 Å². The number of rotatable bonds is 2. The number of hydrogen-bond acceptors (Lipinski definition) is 3. The van der Waals surface area contributed by atoms with Gasteiger partial charge < -0.3 is 9.64 Å². The molecule has 0 radical (unpaired) electrons. The lowest BCUT2D eigenvalue weighted by molar-refractivity contribution is -0.116. The molecule has 2 rings (SSSR count). The lowest BCUT2D eigenvalue weighted by atomic mass is 9.99. The predicted molar refractivity (Wildman–Crippen MR) is 69.2 cm³/mol. The van der Waals surface area contributed by atoms with Crippen LogP contribution in [0.1, 0.15) is 22.3 Å². The van der Waals surface area contributed by atoms with Gasteiger partial charge in [0.1, 0.15) is 5.88 Å². The van der Waals surface area contributed by atoms with Crippen molar-refractivity contribution in [3.63, 3.8) is 0 Å². The topological polar surface area (TPSA) is 46.6 Å². The molecule has 0 spiro atoms. The van der Waals surface area contributed by atoms with Crippen molar-refractivity contribution in [3.8, 4) is 0 Å². The summed E-state index contributed by atoms with van der Waals surface area (Å²) in [5, 5.41) is 0. The molecule has 1 amide bonds. The Balaban J connectivity index is 2.36. The zero-order valence-corrected chi connectivity index (χ0v) is 10.9. The number of fused-ring (bicyclic) bond motifs is 1. The Kier molecular flexibility index (Phi) is 3.87. The summed E-state index contributed by atoms with van der Waals surface area (Å²) in [6.45, 7) is 0.677. The van der Waals surface area contributed by atoms with Gasteiger partial charge in [-0.25, -0.2) is 4.79 Å². The van der Waals surface area contributed by atoms with Gasteiger partial charge in [-0.15, -0.1) is 11.6 Å². The number of carbonyl (C=O) groups is 2. The largest absolute Gasteiger partial charge is 0.465 e. The Morgan fingerprint density at radius 1 is 1.44 bits per heavy atom. The Morgan fingerprint density at radius 2 is 2.22 bits per heavy atom. The highest BCUT2D eigenvalue weighted by Crippen LogP contribution is 2.28. The lowest BCUT2D eigenvalue weighted by Gasteiger charge is -2.29. The molecule has 5 heteroatoms. The molecule has 0 aromatic heterocycles. The molecule has 96 valence electrons. The van der Waals surface area contributed by atoms with E-state index in [-0.39, 0.29) is 17.8 Å². The fourth-order valence-electron chi connectivity index (χ4n) is 2.17. The molecular weight excluding hydrogens is 254 g/mol. The van der Waals surface area contributed by atoms with E-state index in [1.54, 1.807) is 23.1 Å². The summed E-state index contributed by atoms with van der Waals surface area (Å²) in [6.07, 6.45) is 1.73. The van der Waals surface area contributed by atoms with Crippen molar-refractivity contribution in [3.05, 3.63) is 29.3 Å². The maximum absolute atomic E-state index is 11.7. The molecule has 1 aliphatic heterocycles. The van der Waals surface area contributed by atoms with Crippen LogP contribution in [0, 0.1) is 0 Å². The quantitative estimate of drug-likeness (QED) is 0.608. The third kappa shape index (κ3) is 2.34. The van der Waals surface area contributed by atoms with Gasteiger partial charge >= 0.3 is 5.97 Å². The summed E-state index contributed by atoms with van der Waals surface area (Å²) in [5.41, 5.74) is 2.35. The number of esters is 1. The molecule has 18 heavy (non-hydrogen) atoms. The van der Waals surface area contributed by atoms with Crippen molar-refractivity contribution in [2.75, 3.05) is 24.4 Å². The second-order valence-electron chi connectivity index (χ2n) is 4.12. The van der Waals surface area contributed by atoms with E-state index >= 15 is 0 Å². The smallest absolute Gasteiger partial charge is 0.337 e. The van der Waals surface area contributed by atoms with Gasteiger partial charge in [-0.1, -0.05) is 0 Å². The summed E-state index contributed by atoms with van der Waals surface area (Å²) in [5.74, 6) is -0.500. The van der Waals surface area contributed by atoms with Crippen LogP contribution in [0.5, 0.6) is 0 Å². The number of benzene rings is 1.